The van der Waals surface area contributed by atoms with E-state index >= 15 is 0 Å². The average Bonchev–Trinajstić information content (AvgIpc) is 2.95. The van der Waals surface area contributed by atoms with E-state index in [1.807, 2.05) is 0 Å². The second kappa shape index (κ2) is 15.2. The molecule has 1 fully saturated rings. The summed E-state index contributed by atoms with van der Waals surface area (Å²) in [7, 11) is 0. The quantitative estimate of drug-likeness (QED) is 0.393. The van der Waals surface area contributed by atoms with E-state index in [4.69, 9.17) is 0 Å². The number of nitrogens with zero attached hydrogens (tertiary/aromatic N) is 1. The first kappa shape index (κ1) is 21.9. The highest BCUT2D eigenvalue weighted by atomic mass is 16.3. The van der Waals surface area contributed by atoms with E-state index in [-0.39, 0.29) is 18.8 Å². The molecule has 0 saturated carbocycles. The van der Waals surface area contributed by atoms with Gasteiger partial charge >= 0.3 is 0 Å². The molecule has 1 rings (SSSR count). The Hall–Kier alpha value is -0.120. The van der Waals surface area contributed by atoms with E-state index < -0.39 is 0 Å². The standard InChI is InChI=1S/C21H43NO2/c1-2-3-4-5-6-7-8-9-10-11-12-13-14-15-16-22-18-21(24)17-20(22)19-23/h20-21,23-24H,2-19H2,1H3/t20-,21+/m0/s1. The highest BCUT2D eigenvalue weighted by Crippen LogP contribution is 2.18. The summed E-state index contributed by atoms with van der Waals surface area (Å²) in [6.45, 7) is 4.27. The molecule has 0 aromatic heterocycles. The topological polar surface area (TPSA) is 43.7 Å². The Bertz CT molecular complexity index is 273. The van der Waals surface area contributed by atoms with Gasteiger partial charge in [-0.3, -0.25) is 4.90 Å². The van der Waals surface area contributed by atoms with Crippen LogP contribution in [0.25, 0.3) is 0 Å². The minimum atomic E-state index is -0.228. The molecular weight excluding hydrogens is 298 g/mol. The molecule has 3 heteroatoms. The summed E-state index contributed by atoms with van der Waals surface area (Å²) in [5.74, 6) is 0. The number of hydrogen-bond acceptors (Lipinski definition) is 3. The zero-order valence-corrected chi connectivity index (χ0v) is 16.2. The summed E-state index contributed by atoms with van der Waals surface area (Å²) in [5.41, 5.74) is 0. The normalized spacial score (nSPS) is 21.6. The summed E-state index contributed by atoms with van der Waals surface area (Å²) >= 11 is 0. The van der Waals surface area contributed by atoms with E-state index in [9.17, 15) is 10.2 Å². The van der Waals surface area contributed by atoms with Gasteiger partial charge in [-0.15, -0.1) is 0 Å². The zero-order valence-electron chi connectivity index (χ0n) is 16.2. The lowest BCUT2D eigenvalue weighted by atomic mass is 10.0. The van der Waals surface area contributed by atoms with Crippen LogP contribution in [0.2, 0.25) is 0 Å². The number of rotatable bonds is 16. The van der Waals surface area contributed by atoms with E-state index in [0.29, 0.717) is 0 Å². The Morgan fingerprint density at radius 3 is 1.67 bits per heavy atom. The molecule has 1 aliphatic rings. The van der Waals surface area contributed by atoms with Gasteiger partial charge in [0.1, 0.15) is 0 Å². The third kappa shape index (κ3) is 10.7. The Balaban J connectivity index is 1.78. The van der Waals surface area contributed by atoms with Gasteiger partial charge in [-0.1, -0.05) is 90.4 Å². The van der Waals surface area contributed by atoms with Gasteiger partial charge in [-0.05, 0) is 19.4 Å². The molecule has 144 valence electrons. The second-order valence-electron chi connectivity index (χ2n) is 7.82. The lowest BCUT2D eigenvalue weighted by Crippen LogP contribution is -2.33. The molecule has 0 spiro atoms. The minimum absolute atomic E-state index is 0.190. The molecule has 0 aromatic rings. The first-order chi connectivity index (χ1) is 11.8. The summed E-state index contributed by atoms with van der Waals surface area (Å²) in [4.78, 5) is 2.27. The van der Waals surface area contributed by atoms with Crippen molar-refractivity contribution in [2.24, 2.45) is 0 Å². The molecule has 0 unspecified atom stereocenters. The van der Waals surface area contributed by atoms with Gasteiger partial charge in [0.15, 0.2) is 0 Å². The summed E-state index contributed by atoms with van der Waals surface area (Å²) in [5, 5.41) is 19.0. The van der Waals surface area contributed by atoms with Crippen LogP contribution in [-0.2, 0) is 0 Å². The molecule has 24 heavy (non-hydrogen) atoms. The molecule has 0 aromatic carbocycles. The highest BCUT2D eigenvalue weighted by molar-refractivity contribution is 4.84. The molecule has 2 N–H and O–H groups in total. The van der Waals surface area contributed by atoms with Gasteiger partial charge in [0, 0.05) is 12.6 Å². The smallest absolute Gasteiger partial charge is 0.0683 e. The van der Waals surface area contributed by atoms with Gasteiger partial charge in [-0.25, -0.2) is 0 Å². The SMILES string of the molecule is CCCCCCCCCCCCCCCCN1C[C@H](O)C[C@H]1CO. The molecule has 0 aliphatic carbocycles. The van der Waals surface area contributed by atoms with E-state index in [0.717, 1.165) is 19.5 Å². The fourth-order valence-corrected chi connectivity index (χ4v) is 3.93. The second-order valence-corrected chi connectivity index (χ2v) is 7.82. The molecule has 3 nitrogen and oxygen atoms in total. The first-order valence-electron chi connectivity index (χ1n) is 10.8. The molecule has 0 radical (unpaired) electrons. The number of aliphatic hydroxyl groups excluding tert-OH is 2. The van der Waals surface area contributed by atoms with Crippen LogP contribution in [0.1, 0.15) is 103 Å². The van der Waals surface area contributed by atoms with Crippen LogP contribution in [0, 0.1) is 0 Å². The van der Waals surface area contributed by atoms with Crippen molar-refractivity contribution in [1.82, 2.24) is 4.90 Å². The summed E-state index contributed by atoms with van der Waals surface area (Å²) < 4.78 is 0. The van der Waals surface area contributed by atoms with Gasteiger partial charge < -0.3 is 10.2 Å². The van der Waals surface area contributed by atoms with Crippen molar-refractivity contribution >= 4 is 0 Å². The highest BCUT2D eigenvalue weighted by Gasteiger charge is 2.29. The Labute approximate surface area is 150 Å². The summed E-state index contributed by atoms with van der Waals surface area (Å²) in [6, 6.07) is 0.196. The maximum absolute atomic E-state index is 9.66. The van der Waals surface area contributed by atoms with Crippen LogP contribution < -0.4 is 0 Å². The fourth-order valence-electron chi connectivity index (χ4n) is 3.93. The van der Waals surface area contributed by atoms with Crippen molar-refractivity contribution in [3.05, 3.63) is 0 Å². The van der Waals surface area contributed by atoms with Crippen molar-refractivity contribution in [2.75, 3.05) is 19.7 Å². The van der Waals surface area contributed by atoms with Gasteiger partial charge in [0.2, 0.25) is 0 Å². The Morgan fingerprint density at radius 2 is 1.21 bits per heavy atom. The minimum Gasteiger partial charge on any atom is -0.395 e. The predicted molar refractivity (Wildman–Crippen MR) is 103 cm³/mol. The van der Waals surface area contributed by atoms with E-state index in [1.54, 1.807) is 0 Å². The lowest BCUT2D eigenvalue weighted by molar-refractivity contribution is 0.153. The third-order valence-corrected chi connectivity index (χ3v) is 5.52. The van der Waals surface area contributed by atoms with Crippen molar-refractivity contribution < 1.29 is 10.2 Å². The maximum atomic E-state index is 9.66. The Kier molecular flexibility index (Phi) is 13.8. The van der Waals surface area contributed by atoms with Gasteiger partial charge in [0.05, 0.1) is 12.7 Å². The molecule has 1 heterocycles. The average molecular weight is 342 g/mol. The van der Waals surface area contributed by atoms with Crippen LogP contribution in [0.5, 0.6) is 0 Å². The van der Waals surface area contributed by atoms with Crippen molar-refractivity contribution in [3.63, 3.8) is 0 Å². The molecule has 1 aliphatic heterocycles. The van der Waals surface area contributed by atoms with Gasteiger partial charge in [0.25, 0.3) is 0 Å². The Morgan fingerprint density at radius 1 is 0.750 bits per heavy atom. The number of unbranched alkanes of at least 4 members (excludes halogenated alkanes) is 13. The number of likely N-dealkylation sites (tertiary alicyclic amines) is 1. The van der Waals surface area contributed by atoms with Crippen molar-refractivity contribution in [1.29, 1.82) is 0 Å². The molecular formula is C21H43NO2. The third-order valence-electron chi connectivity index (χ3n) is 5.52. The first-order valence-corrected chi connectivity index (χ1v) is 10.8. The van der Waals surface area contributed by atoms with E-state index in [1.165, 1.54) is 89.9 Å². The van der Waals surface area contributed by atoms with Crippen LogP contribution in [0.4, 0.5) is 0 Å². The monoisotopic (exact) mass is 341 g/mol. The molecule has 2 atom stereocenters. The van der Waals surface area contributed by atoms with Gasteiger partial charge in [-0.2, -0.15) is 0 Å². The number of β-amino-alcohol motifs (C(OH)–C–C–N with tert-alkyl or cyclic N) is 1. The van der Waals surface area contributed by atoms with Crippen molar-refractivity contribution in [3.8, 4) is 0 Å². The molecule has 0 amide bonds. The van der Waals surface area contributed by atoms with E-state index in [2.05, 4.69) is 11.8 Å². The molecule has 1 saturated heterocycles. The predicted octanol–water partition coefficient (Wildman–Crippen LogP) is 4.90. The fraction of sp³-hybridized carbons (Fsp3) is 1.00. The van der Waals surface area contributed by atoms with Crippen LogP contribution in [0.3, 0.4) is 0 Å². The van der Waals surface area contributed by atoms with Crippen LogP contribution >= 0.6 is 0 Å². The lowest BCUT2D eigenvalue weighted by Gasteiger charge is -2.21. The summed E-state index contributed by atoms with van der Waals surface area (Å²) in [6.07, 6.45) is 20.0. The van der Waals surface area contributed by atoms with Crippen LogP contribution in [-0.4, -0.2) is 47.0 Å². The number of aliphatic hydroxyl groups is 2. The van der Waals surface area contributed by atoms with Crippen molar-refractivity contribution in [2.45, 2.75) is 115 Å². The number of hydrogen-bond donors (Lipinski definition) is 2. The maximum Gasteiger partial charge on any atom is 0.0683 e. The van der Waals surface area contributed by atoms with Crippen LogP contribution in [0.15, 0.2) is 0 Å². The zero-order chi connectivity index (χ0) is 17.5. The molecule has 0 bridgehead atoms. The largest absolute Gasteiger partial charge is 0.395 e.